The molecule has 0 bridgehead atoms. The van der Waals surface area contributed by atoms with Crippen molar-refractivity contribution in [2.45, 2.75) is 32.1 Å². The largest absolute Gasteiger partial charge is 0.381 e. The molecule has 1 aliphatic rings. The molecule has 1 aromatic carbocycles. The molecule has 33 heavy (non-hydrogen) atoms. The molecule has 1 amide bonds. The predicted octanol–water partition coefficient (Wildman–Crippen LogP) is 4.85. The third kappa shape index (κ3) is 4.26. The first-order valence-electron chi connectivity index (χ1n) is 11.0. The van der Waals surface area contributed by atoms with E-state index in [9.17, 15) is 4.79 Å². The summed E-state index contributed by atoms with van der Waals surface area (Å²) in [6.07, 6.45) is 8.59. The molecule has 0 radical (unpaired) electrons. The van der Waals surface area contributed by atoms with Crippen LogP contribution in [-0.2, 0) is 11.8 Å². The Morgan fingerprint density at radius 2 is 1.97 bits per heavy atom. The molecular formula is C24H24ClN7O. The minimum atomic E-state index is -0.0621. The number of aryl methyl sites for hydroxylation is 1. The first-order chi connectivity index (χ1) is 16.0. The molecule has 0 atom stereocenters. The normalized spacial score (nSPS) is 14.5. The molecule has 3 heterocycles. The van der Waals surface area contributed by atoms with E-state index in [1.807, 2.05) is 37.5 Å². The zero-order chi connectivity index (χ0) is 22.9. The number of pyridine rings is 1. The molecule has 9 heteroatoms. The van der Waals surface area contributed by atoms with E-state index in [0.717, 1.165) is 36.6 Å². The van der Waals surface area contributed by atoms with Crippen LogP contribution in [0.2, 0.25) is 5.02 Å². The monoisotopic (exact) mass is 461 g/mol. The standard InChI is InChI=1S/C24H24ClN7O/c1-32-11-9-18(31-32)21-20(16-12-15-8-5-10-27-19(15)17(25)13-16)29-23(22(26)28-21)30-24(33)14-6-3-2-4-7-14/h5,8-14H,2-4,6-7H2,1H3,(H2,26,28)(H,29,30,33). The number of nitrogen functional groups attached to an aromatic ring is 1. The molecule has 0 aliphatic heterocycles. The Hall–Kier alpha value is -3.52. The van der Waals surface area contributed by atoms with E-state index in [0.29, 0.717) is 27.6 Å². The van der Waals surface area contributed by atoms with Gasteiger partial charge in [-0.2, -0.15) is 5.10 Å². The van der Waals surface area contributed by atoms with Gasteiger partial charge in [0.1, 0.15) is 17.1 Å². The van der Waals surface area contributed by atoms with Gasteiger partial charge in [-0.05, 0) is 37.1 Å². The summed E-state index contributed by atoms with van der Waals surface area (Å²) in [6, 6.07) is 9.39. The number of carbonyl (C=O) groups excluding carboxylic acids is 1. The molecule has 8 nitrogen and oxygen atoms in total. The molecule has 4 aromatic rings. The quantitative estimate of drug-likeness (QED) is 0.449. The number of nitrogens with zero attached hydrogens (tertiary/aromatic N) is 5. The lowest BCUT2D eigenvalue weighted by Crippen LogP contribution is -2.26. The van der Waals surface area contributed by atoms with Gasteiger partial charge >= 0.3 is 0 Å². The minimum Gasteiger partial charge on any atom is -0.381 e. The number of aromatic nitrogens is 5. The van der Waals surface area contributed by atoms with Crippen LogP contribution in [0.15, 0.2) is 42.7 Å². The van der Waals surface area contributed by atoms with Crippen LogP contribution in [0.25, 0.3) is 33.5 Å². The van der Waals surface area contributed by atoms with E-state index >= 15 is 0 Å². The van der Waals surface area contributed by atoms with Crippen LogP contribution in [0.1, 0.15) is 32.1 Å². The van der Waals surface area contributed by atoms with Gasteiger partial charge in [0, 0.05) is 36.3 Å². The predicted molar refractivity (Wildman–Crippen MR) is 130 cm³/mol. The van der Waals surface area contributed by atoms with Gasteiger partial charge in [0.05, 0.1) is 10.5 Å². The van der Waals surface area contributed by atoms with Crippen LogP contribution in [0.3, 0.4) is 0 Å². The summed E-state index contributed by atoms with van der Waals surface area (Å²) in [5, 5.41) is 8.78. The third-order valence-electron chi connectivity index (χ3n) is 6.03. The Bertz CT molecular complexity index is 1340. The lowest BCUT2D eigenvalue weighted by Gasteiger charge is -2.21. The maximum Gasteiger partial charge on any atom is 0.228 e. The zero-order valence-electron chi connectivity index (χ0n) is 18.3. The average molecular weight is 462 g/mol. The van der Waals surface area contributed by atoms with Crippen molar-refractivity contribution in [2.24, 2.45) is 13.0 Å². The summed E-state index contributed by atoms with van der Waals surface area (Å²) in [7, 11) is 1.83. The number of anilines is 2. The number of amides is 1. The van der Waals surface area contributed by atoms with Crippen LogP contribution in [0.5, 0.6) is 0 Å². The Balaban J connectivity index is 1.62. The van der Waals surface area contributed by atoms with Gasteiger partial charge < -0.3 is 11.1 Å². The number of nitrogens with two attached hydrogens (primary N) is 1. The van der Waals surface area contributed by atoms with Gasteiger partial charge in [-0.15, -0.1) is 0 Å². The van der Waals surface area contributed by atoms with E-state index < -0.39 is 0 Å². The number of nitrogens with one attached hydrogen (secondary N) is 1. The van der Waals surface area contributed by atoms with E-state index in [2.05, 4.69) is 20.4 Å². The molecule has 1 fully saturated rings. The van der Waals surface area contributed by atoms with E-state index in [1.54, 1.807) is 16.9 Å². The SMILES string of the molecule is Cn1ccc(-c2nc(N)c(NC(=O)C3CCCCC3)nc2-c2cc(Cl)c3ncccc3c2)n1. The Morgan fingerprint density at radius 3 is 2.73 bits per heavy atom. The molecule has 0 spiro atoms. The zero-order valence-corrected chi connectivity index (χ0v) is 19.0. The second-order valence-corrected chi connectivity index (χ2v) is 8.79. The van der Waals surface area contributed by atoms with Gasteiger partial charge in [-0.25, -0.2) is 9.97 Å². The van der Waals surface area contributed by atoms with Crippen LogP contribution >= 0.6 is 11.6 Å². The molecule has 168 valence electrons. The van der Waals surface area contributed by atoms with Crippen molar-refractivity contribution in [3.63, 3.8) is 0 Å². The fourth-order valence-corrected chi connectivity index (χ4v) is 4.61. The summed E-state index contributed by atoms with van der Waals surface area (Å²) in [5.74, 6) is 0.313. The second-order valence-electron chi connectivity index (χ2n) is 8.39. The van der Waals surface area contributed by atoms with Crippen molar-refractivity contribution in [1.82, 2.24) is 24.7 Å². The number of hydrogen-bond acceptors (Lipinski definition) is 6. The van der Waals surface area contributed by atoms with Gasteiger partial charge in [0.25, 0.3) is 0 Å². The highest BCUT2D eigenvalue weighted by Gasteiger charge is 2.24. The number of halogens is 1. The lowest BCUT2D eigenvalue weighted by molar-refractivity contribution is -0.120. The molecule has 1 aliphatic carbocycles. The summed E-state index contributed by atoms with van der Waals surface area (Å²) in [4.78, 5) is 26.6. The summed E-state index contributed by atoms with van der Waals surface area (Å²) >= 11 is 6.55. The highest BCUT2D eigenvalue weighted by Crippen LogP contribution is 2.35. The van der Waals surface area contributed by atoms with Crippen molar-refractivity contribution >= 4 is 40.0 Å². The second kappa shape index (κ2) is 8.78. The Labute approximate surface area is 196 Å². The topological polar surface area (TPSA) is 112 Å². The Morgan fingerprint density at radius 1 is 1.15 bits per heavy atom. The van der Waals surface area contributed by atoms with Gasteiger partial charge in [0.2, 0.25) is 5.91 Å². The molecule has 5 rings (SSSR count). The molecule has 3 N–H and O–H groups in total. The number of hydrogen-bond donors (Lipinski definition) is 2. The third-order valence-corrected chi connectivity index (χ3v) is 6.32. The van der Waals surface area contributed by atoms with Crippen LogP contribution in [0, 0.1) is 5.92 Å². The van der Waals surface area contributed by atoms with Crippen LogP contribution in [0.4, 0.5) is 11.6 Å². The van der Waals surface area contributed by atoms with Crippen molar-refractivity contribution in [3.8, 4) is 22.6 Å². The number of fused-ring (bicyclic) bond motifs is 1. The maximum atomic E-state index is 12.9. The van der Waals surface area contributed by atoms with Gasteiger partial charge in [-0.3, -0.25) is 14.5 Å². The van der Waals surface area contributed by atoms with Crippen LogP contribution < -0.4 is 11.1 Å². The summed E-state index contributed by atoms with van der Waals surface area (Å²) in [5.41, 5.74) is 9.37. The lowest BCUT2D eigenvalue weighted by atomic mass is 9.89. The molecule has 1 saturated carbocycles. The van der Waals surface area contributed by atoms with E-state index in [1.165, 1.54) is 6.42 Å². The van der Waals surface area contributed by atoms with E-state index in [-0.39, 0.29) is 23.5 Å². The van der Waals surface area contributed by atoms with E-state index in [4.69, 9.17) is 22.3 Å². The summed E-state index contributed by atoms with van der Waals surface area (Å²) < 4.78 is 1.69. The van der Waals surface area contributed by atoms with Crippen molar-refractivity contribution in [1.29, 1.82) is 0 Å². The van der Waals surface area contributed by atoms with Crippen molar-refractivity contribution in [2.75, 3.05) is 11.1 Å². The highest BCUT2D eigenvalue weighted by molar-refractivity contribution is 6.35. The summed E-state index contributed by atoms with van der Waals surface area (Å²) in [6.45, 7) is 0. The minimum absolute atomic E-state index is 0.0277. The Kier molecular flexibility index (Phi) is 5.68. The first-order valence-corrected chi connectivity index (χ1v) is 11.4. The number of carbonyl (C=O) groups is 1. The fraction of sp³-hybridized carbons (Fsp3) is 0.292. The highest BCUT2D eigenvalue weighted by atomic mass is 35.5. The number of rotatable bonds is 4. The average Bonchev–Trinajstić information content (AvgIpc) is 3.26. The molecule has 0 unspecified atom stereocenters. The molecule has 3 aromatic heterocycles. The van der Waals surface area contributed by atoms with Gasteiger partial charge in [0.15, 0.2) is 11.6 Å². The molecule has 0 saturated heterocycles. The fourth-order valence-electron chi connectivity index (χ4n) is 4.33. The maximum absolute atomic E-state index is 12.9. The van der Waals surface area contributed by atoms with Gasteiger partial charge in [-0.1, -0.05) is 36.9 Å². The first kappa shape index (κ1) is 21.3. The van der Waals surface area contributed by atoms with Crippen molar-refractivity contribution < 1.29 is 4.79 Å². The number of benzene rings is 1. The van der Waals surface area contributed by atoms with Crippen molar-refractivity contribution in [3.05, 3.63) is 47.7 Å². The smallest absolute Gasteiger partial charge is 0.228 e. The van der Waals surface area contributed by atoms with Crippen LogP contribution in [-0.4, -0.2) is 30.6 Å². The molecular weight excluding hydrogens is 438 g/mol.